The molecule has 1 fully saturated rings. The Morgan fingerprint density at radius 3 is 2.79 bits per heavy atom. The van der Waals surface area contributed by atoms with Crippen LogP contribution in [0.4, 0.5) is 4.79 Å². The van der Waals surface area contributed by atoms with E-state index in [0.717, 1.165) is 0 Å². The highest BCUT2D eigenvalue weighted by atomic mass is 16.5. The number of urea groups is 1. The van der Waals surface area contributed by atoms with Crippen LogP contribution in [0.25, 0.3) is 0 Å². The Morgan fingerprint density at radius 2 is 2.16 bits per heavy atom. The lowest BCUT2D eigenvalue weighted by Gasteiger charge is -2.30. The van der Waals surface area contributed by atoms with Crippen molar-refractivity contribution in [3.8, 4) is 5.88 Å². The first-order chi connectivity index (χ1) is 9.01. The zero-order chi connectivity index (χ0) is 14.0. The van der Waals surface area contributed by atoms with Gasteiger partial charge in [0.25, 0.3) is 5.91 Å². The quantitative estimate of drug-likeness (QED) is 0.831. The van der Waals surface area contributed by atoms with Gasteiger partial charge in [0.2, 0.25) is 5.88 Å². The number of hydrogen-bond acceptors (Lipinski definition) is 4. The molecule has 1 aromatic heterocycles. The highest BCUT2D eigenvalue weighted by molar-refractivity contribution is 6.06. The Kier molecular flexibility index (Phi) is 3.42. The summed E-state index contributed by atoms with van der Waals surface area (Å²) in [5.41, 5.74) is -0.133. The molecule has 1 N–H and O–H groups in total. The van der Waals surface area contributed by atoms with E-state index in [0.29, 0.717) is 18.0 Å². The van der Waals surface area contributed by atoms with Gasteiger partial charge in [0.05, 0.1) is 19.3 Å². The third-order valence-electron chi connectivity index (χ3n) is 3.55. The molecule has 1 saturated heterocycles. The number of ether oxygens (including phenoxy) is 1. The van der Waals surface area contributed by atoms with Crippen LogP contribution < -0.4 is 10.1 Å². The summed E-state index contributed by atoms with van der Waals surface area (Å²) in [6, 6.07) is 4.96. The molecule has 1 aliphatic rings. The van der Waals surface area contributed by atoms with Gasteiger partial charge in [-0.25, -0.2) is 9.78 Å². The van der Waals surface area contributed by atoms with Crippen molar-refractivity contribution in [1.29, 1.82) is 0 Å². The van der Waals surface area contributed by atoms with E-state index in [1.165, 1.54) is 12.0 Å². The second kappa shape index (κ2) is 4.87. The topological polar surface area (TPSA) is 71.5 Å². The average molecular weight is 263 g/mol. The number of amides is 3. The number of carbonyl (C=O) groups is 2. The van der Waals surface area contributed by atoms with E-state index in [9.17, 15) is 9.59 Å². The van der Waals surface area contributed by atoms with Crippen LogP contribution in [-0.4, -0.2) is 34.5 Å². The van der Waals surface area contributed by atoms with Gasteiger partial charge in [-0.15, -0.1) is 0 Å². The van der Waals surface area contributed by atoms with Crippen molar-refractivity contribution in [2.75, 3.05) is 7.11 Å². The zero-order valence-corrected chi connectivity index (χ0v) is 11.3. The van der Waals surface area contributed by atoms with E-state index in [1.807, 2.05) is 6.92 Å². The van der Waals surface area contributed by atoms with Crippen molar-refractivity contribution in [3.63, 3.8) is 0 Å². The number of hydrogen-bond donors (Lipinski definition) is 1. The molecule has 1 aromatic rings. The summed E-state index contributed by atoms with van der Waals surface area (Å²) in [5, 5.41) is 2.35. The third-order valence-corrected chi connectivity index (χ3v) is 3.55. The van der Waals surface area contributed by atoms with E-state index in [2.05, 4.69) is 10.3 Å². The molecule has 0 spiro atoms. The minimum atomic E-state index is -0.818. The Balaban J connectivity index is 2.26. The van der Waals surface area contributed by atoms with Gasteiger partial charge in [-0.3, -0.25) is 10.1 Å². The maximum Gasteiger partial charge on any atom is 0.325 e. The molecule has 0 aliphatic carbocycles. The average Bonchev–Trinajstić information content (AvgIpc) is 2.63. The van der Waals surface area contributed by atoms with Crippen LogP contribution in [0.3, 0.4) is 0 Å². The third kappa shape index (κ3) is 2.25. The number of nitrogens with one attached hydrogen (secondary N) is 1. The summed E-state index contributed by atoms with van der Waals surface area (Å²) in [6.45, 7) is 3.91. The maximum atomic E-state index is 11.9. The van der Waals surface area contributed by atoms with Gasteiger partial charge in [-0.05, 0) is 19.4 Å². The van der Waals surface area contributed by atoms with Crippen molar-refractivity contribution in [1.82, 2.24) is 15.2 Å². The molecule has 2 heterocycles. The molecule has 0 radical (unpaired) electrons. The van der Waals surface area contributed by atoms with Crippen molar-refractivity contribution >= 4 is 11.9 Å². The molecular weight excluding hydrogens is 246 g/mol. The highest BCUT2D eigenvalue weighted by Gasteiger charge is 2.47. The van der Waals surface area contributed by atoms with E-state index < -0.39 is 5.54 Å². The Labute approximate surface area is 111 Å². The Hall–Kier alpha value is -2.11. The van der Waals surface area contributed by atoms with Crippen molar-refractivity contribution in [3.05, 3.63) is 23.9 Å². The predicted molar refractivity (Wildman–Crippen MR) is 68.6 cm³/mol. The predicted octanol–water partition coefficient (Wildman–Crippen LogP) is 1.31. The van der Waals surface area contributed by atoms with Gasteiger partial charge >= 0.3 is 6.03 Å². The van der Waals surface area contributed by atoms with Crippen LogP contribution in [0.15, 0.2) is 18.2 Å². The van der Waals surface area contributed by atoms with E-state index in [1.54, 1.807) is 25.1 Å². The monoisotopic (exact) mass is 263 g/mol. The lowest BCUT2D eigenvalue weighted by Crippen LogP contribution is -2.46. The molecule has 1 aliphatic heterocycles. The van der Waals surface area contributed by atoms with Crippen molar-refractivity contribution in [2.45, 2.75) is 32.4 Å². The minimum Gasteiger partial charge on any atom is -0.481 e. The van der Waals surface area contributed by atoms with Crippen LogP contribution in [0.1, 0.15) is 26.0 Å². The summed E-state index contributed by atoms with van der Waals surface area (Å²) >= 11 is 0. The van der Waals surface area contributed by atoms with E-state index >= 15 is 0 Å². The molecule has 0 bridgehead atoms. The van der Waals surface area contributed by atoms with Crippen LogP contribution in [0, 0.1) is 0 Å². The van der Waals surface area contributed by atoms with Gasteiger partial charge in [0, 0.05) is 6.07 Å². The number of aromatic nitrogens is 1. The molecule has 0 saturated carbocycles. The summed E-state index contributed by atoms with van der Waals surface area (Å²) in [4.78, 5) is 29.5. The van der Waals surface area contributed by atoms with Crippen molar-refractivity contribution in [2.24, 2.45) is 0 Å². The minimum absolute atomic E-state index is 0.261. The molecule has 6 heteroatoms. The molecule has 1 unspecified atom stereocenters. The summed E-state index contributed by atoms with van der Waals surface area (Å²) in [5.74, 6) is 0.226. The number of carbonyl (C=O) groups excluding carboxylic acids is 2. The number of imide groups is 1. The van der Waals surface area contributed by atoms with E-state index in [-0.39, 0.29) is 18.5 Å². The first-order valence-corrected chi connectivity index (χ1v) is 6.14. The van der Waals surface area contributed by atoms with Crippen LogP contribution in [0.2, 0.25) is 0 Å². The lowest BCUT2D eigenvalue weighted by molar-refractivity contribution is -0.126. The fraction of sp³-hybridized carbons (Fsp3) is 0.462. The van der Waals surface area contributed by atoms with Crippen LogP contribution in [0.5, 0.6) is 5.88 Å². The smallest absolute Gasteiger partial charge is 0.325 e. The summed E-state index contributed by atoms with van der Waals surface area (Å²) < 4.78 is 5.05. The first-order valence-electron chi connectivity index (χ1n) is 6.14. The molecule has 102 valence electrons. The lowest BCUT2D eigenvalue weighted by atomic mass is 9.97. The Morgan fingerprint density at radius 1 is 1.42 bits per heavy atom. The normalized spacial score (nSPS) is 22.6. The fourth-order valence-corrected chi connectivity index (χ4v) is 2.06. The van der Waals surface area contributed by atoms with Gasteiger partial charge in [-0.1, -0.05) is 13.0 Å². The molecule has 6 nitrogen and oxygen atoms in total. The van der Waals surface area contributed by atoms with Crippen LogP contribution in [-0.2, 0) is 11.3 Å². The van der Waals surface area contributed by atoms with Gasteiger partial charge in [-0.2, -0.15) is 0 Å². The molecule has 1 atom stereocenters. The van der Waals surface area contributed by atoms with Gasteiger partial charge < -0.3 is 9.64 Å². The fourth-order valence-electron chi connectivity index (χ4n) is 2.06. The molecule has 0 aromatic carbocycles. The highest BCUT2D eigenvalue weighted by Crippen LogP contribution is 2.27. The van der Waals surface area contributed by atoms with Gasteiger partial charge in [0.1, 0.15) is 5.54 Å². The second-order valence-corrected chi connectivity index (χ2v) is 4.64. The Bertz CT molecular complexity index is 518. The van der Waals surface area contributed by atoms with Crippen molar-refractivity contribution < 1.29 is 14.3 Å². The number of nitrogens with zero attached hydrogens (tertiary/aromatic N) is 2. The summed E-state index contributed by atoms with van der Waals surface area (Å²) in [7, 11) is 1.54. The summed E-state index contributed by atoms with van der Waals surface area (Å²) in [6.07, 6.45) is 0.550. The number of pyridine rings is 1. The standard InChI is InChI=1S/C13H17N3O3/c1-4-13(2)11(17)15-12(18)16(13)8-9-6-5-7-10(14-9)19-3/h5-7H,4,8H2,1-3H3,(H,15,17,18). The largest absolute Gasteiger partial charge is 0.481 e. The van der Waals surface area contributed by atoms with Crippen LogP contribution >= 0.6 is 0 Å². The maximum absolute atomic E-state index is 11.9. The van der Waals surface area contributed by atoms with E-state index in [4.69, 9.17) is 4.74 Å². The first kappa shape index (κ1) is 13.3. The zero-order valence-electron chi connectivity index (χ0n) is 11.3. The number of methoxy groups -OCH3 is 1. The number of rotatable bonds is 4. The molecule has 19 heavy (non-hydrogen) atoms. The second-order valence-electron chi connectivity index (χ2n) is 4.64. The molecule has 3 amide bonds. The van der Waals surface area contributed by atoms with Gasteiger partial charge in [0.15, 0.2) is 0 Å². The SMILES string of the molecule is CCC1(C)C(=O)NC(=O)N1Cc1cccc(OC)n1. The molecular formula is C13H17N3O3. The molecule has 2 rings (SSSR count).